The summed E-state index contributed by atoms with van der Waals surface area (Å²) in [6, 6.07) is 0. The van der Waals surface area contributed by atoms with Crippen molar-refractivity contribution < 1.29 is 14.9 Å². The number of nitrogens with zero attached hydrogens (tertiary/aromatic N) is 4. The van der Waals surface area contributed by atoms with E-state index in [1.807, 2.05) is 0 Å². The van der Waals surface area contributed by atoms with Crippen molar-refractivity contribution in [3.05, 3.63) is 17.3 Å². The lowest BCUT2D eigenvalue weighted by Crippen LogP contribution is -2.24. The molecule has 0 aromatic rings. The molecular formula is C10H11BrN4O3. The molecule has 1 fully saturated rings. The zero-order valence-corrected chi connectivity index (χ0v) is 10.9. The highest BCUT2D eigenvalue weighted by Gasteiger charge is 2.35. The Morgan fingerprint density at radius 2 is 2.28 bits per heavy atom. The van der Waals surface area contributed by atoms with Crippen molar-refractivity contribution in [1.29, 1.82) is 0 Å². The van der Waals surface area contributed by atoms with E-state index in [2.05, 4.69) is 30.9 Å². The molecule has 3 aliphatic heterocycles. The summed E-state index contributed by atoms with van der Waals surface area (Å²) in [4.78, 5) is 12.3. The van der Waals surface area contributed by atoms with Crippen molar-refractivity contribution in [2.45, 2.75) is 24.9 Å². The number of rotatable bonds is 2. The minimum Gasteiger partial charge on any atom is -0.394 e. The lowest BCUT2D eigenvalue weighted by atomic mass is 10.2. The number of hydrogen-bond donors (Lipinski definition) is 2. The molecule has 7 nitrogen and oxygen atoms in total. The van der Waals surface area contributed by atoms with E-state index < -0.39 is 12.2 Å². The molecule has 0 saturated carbocycles. The maximum absolute atomic E-state index is 9.72. The molecule has 18 heavy (non-hydrogen) atoms. The predicted molar refractivity (Wildman–Crippen MR) is 63.8 cm³/mol. The van der Waals surface area contributed by atoms with Crippen LogP contribution in [0, 0.1) is 0 Å². The Hall–Kier alpha value is -1.09. The summed E-state index contributed by atoms with van der Waals surface area (Å²) in [6.45, 7) is -0.207. The van der Waals surface area contributed by atoms with E-state index in [0.717, 1.165) is 0 Å². The first-order chi connectivity index (χ1) is 8.70. The molecule has 96 valence electrons. The van der Waals surface area contributed by atoms with Gasteiger partial charge in [0, 0.05) is 6.42 Å². The molecule has 3 heterocycles. The summed E-state index contributed by atoms with van der Waals surface area (Å²) in [5, 5.41) is 18.8. The molecule has 0 aromatic heterocycles. The van der Waals surface area contributed by atoms with Crippen LogP contribution in [-0.2, 0) is 4.74 Å². The van der Waals surface area contributed by atoms with Gasteiger partial charge in [-0.2, -0.15) is 0 Å². The molecule has 0 bridgehead atoms. The van der Waals surface area contributed by atoms with Crippen LogP contribution in [0.1, 0.15) is 12.6 Å². The Kier molecular flexibility index (Phi) is 3.02. The van der Waals surface area contributed by atoms with Gasteiger partial charge in [0.25, 0.3) is 0 Å². The zero-order chi connectivity index (χ0) is 12.7. The van der Waals surface area contributed by atoms with Gasteiger partial charge in [-0.05, 0) is 15.9 Å². The topological polar surface area (TPSA) is 93.3 Å². The quantitative estimate of drug-likeness (QED) is 0.768. The SMILES string of the molecule is OC[C@H]1OC(n2cnc3ncnc-3c2Br)C[C@@H]1O. The molecule has 8 heteroatoms. The van der Waals surface area contributed by atoms with Gasteiger partial charge in [0.2, 0.25) is 0 Å². The Bertz CT molecular complexity index is 534. The van der Waals surface area contributed by atoms with Crippen LogP contribution in [0.5, 0.6) is 0 Å². The van der Waals surface area contributed by atoms with E-state index in [9.17, 15) is 5.11 Å². The third kappa shape index (κ3) is 1.81. The summed E-state index contributed by atoms with van der Waals surface area (Å²) in [7, 11) is 0. The molecule has 2 N–H and O–H groups in total. The van der Waals surface area contributed by atoms with Crippen LogP contribution in [0.25, 0.3) is 11.5 Å². The number of hydrogen-bond acceptors (Lipinski definition) is 6. The fourth-order valence-corrected chi connectivity index (χ4v) is 2.64. The van der Waals surface area contributed by atoms with Crippen LogP contribution in [-0.4, -0.2) is 48.5 Å². The van der Waals surface area contributed by atoms with Gasteiger partial charge in [0.15, 0.2) is 5.82 Å². The smallest absolute Gasteiger partial charge is 0.183 e. The molecule has 1 unspecified atom stereocenters. The minimum absolute atomic E-state index is 0.207. The van der Waals surface area contributed by atoms with Gasteiger partial charge in [-0.1, -0.05) is 0 Å². The van der Waals surface area contributed by atoms with Crippen molar-refractivity contribution in [3.63, 3.8) is 0 Å². The summed E-state index contributed by atoms with van der Waals surface area (Å²) in [5.41, 5.74) is 0.642. The maximum Gasteiger partial charge on any atom is 0.183 e. The number of halogens is 1. The first kappa shape index (κ1) is 12.0. The Balaban J connectivity index is 1.96. The number of ether oxygens (including phenoxy) is 1. The second-order valence-electron chi connectivity index (χ2n) is 4.10. The lowest BCUT2D eigenvalue weighted by molar-refractivity contribution is -0.0455. The largest absolute Gasteiger partial charge is 0.394 e. The molecule has 3 aliphatic rings. The van der Waals surface area contributed by atoms with Crippen LogP contribution in [0.4, 0.5) is 0 Å². The second kappa shape index (κ2) is 4.54. The van der Waals surface area contributed by atoms with E-state index in [1.165, 1.54) is 6.33 Å². The van der Waals surface area contributed by atoms with Crippen molar-refractivity contribution in [2.75, 3.05) is 6.61 Å². The highest BCUT2D eigenvalue weighted by atomic mass is 79.9. The zero-order valence-electron chi connectivity index (χ0n) is 9.27. The second-order valence-corrected chi connectivity index (χ2v) is 4.85. The van der Waals surface area contributed by atoms with Gasteiger partial charge in [-0.25, -0.2) is 15.0 Å². The van der Waals surface area contributed by atoms with Crippen molar-refractivity contribution in [1.82, 2.24) is 19.5 Å². The molecule has 0 aliphatic carbocycles. The van der Waals surface area contributed by atoms with Crippen LogP contribution in [0.15, 0.2) is 17.3 Å². The number of aliphatic hydroxyl groups excluding tert-OH is 2. The summed E-state index contributed by atoms with van der Waals surface area (Å²) < 4.78 is 7.99. The van der Waals surface area contributed by atoms with Crippen LogP contribution in [0.3, 0.4) is 0 Å². The molecule has 3 rings (SSSR count). The van der Waals surface area contributed by atoms with Crippen LogP contribution < -0.4 is 0 Å². The van der Waals surface area contributed by atoms with Gasteiger partial charge in [-0.15, -0.1) is 0 Å². The van der Waals surface area contributed by atoms with Gasteiger partial charge < -0.3 is 14.9 Å². The monoisotopic (exact) mass is 314 g/mol. The average molecular weight is 315 g/mol. The van der Waals surface area contributed by atoms with Crippen LogP contribution >= 0.6 is 15.9 Å². The van der Waals surface area contributed by atoms with Gasteiger partial charge in [0.1, 0.15) is 35.3 Å². The third-order valence-corrected chi connectivity index (χ3v) is 3.78. The van der Waals surface area contributed by atoms with E-state index in [1.54, 1.807) is 10.9 Å². The maximum atomic E-state index is 9.72. The average Bonchev–Trinajstić information content (AvgIpc) is 2.96. The predicted octanol–water partition coefficient (Wildman–Crippen LogP) is 0.181. The van der Waals surface area contributed by atoms with E-state index >= 15 is 0 Å². The third-order valence-electron chi connectivity index (χ3n) is 3.00. The fourth-order valence-electron chi connectivity index (χ4n) is 2.04. The molecule has 3 atom stereocenters. The number of aromatic nitrogens is 4. The Morgan fingerprint density at radius 1 is 1.44 bits per heavy atom. The number of fused-ring (bicyclic) bond motifs is 1. The standard InChI is InChI=1S/C10H11BrN4O3/c11-9-8-10(13-3-12-8)14-4-15(9)7-1-5(17)6(2-16)18-7/h3-7,16-17H,1-2H2/t5-,6+,7?/m0/s1. The molecule has 1 saturated heterocycles. The first-order valence-corrected chi connectivity index (χ1v) is 6.27. The molecule has 0 radical (unpaired) electrons. The van der Waals surface area contributed by atoms with E-state index in [4.69, 9.17) is 9.84 Å². The fraction of sp³-hybridized carbons (Fsp3) is 0.500. The van der Waals surface area contributed by atoms with E-state index in [0.29, 0.717) is 22.5 Å². The number of aliphatic hydroxyl groups is 2. The van der Waals surface area contributed by atoms with Crippen LogP contribution in [0.2, 0.25) is 0 Å². The Labute approximate surface area is 111 Å². The summed E-state index contributed by atoms with van der Waals surface area (Å²) in [6.07, 6.45) is 1.80. The van der Waals surface area contributed by atoms with Crippen molar-refractivity contribution >= 4 is 15.9 Å². The van der Waals surface area contributed by atoms with Gasteiger partial charge in [-0.3, -0.25) is 4.57 Å². The molecule has 0 amide bonds. The number of imidazole rings is 1. The highest BCUT2D eigenvalue weighted by molar-refractivity contribution is 9.10. The lowest BCUT2D eigenvalue weighted by Gasteiger charge is -2.18. The summed E-state index contributed by atoms with van der Waals surface area (Å²) in [5.74, 6) is 0.551. The summed E-state index contributed by atoms with van der Waals surface area (Å²) >= 11 is 3.43. The highest BCUT2D eigenvalue weighted by Crippen LogP contribution is 2.34. The van der Waals surface area contributed by atoms with Crippen molar-refractivity contribution in [3.8, 4) is 11.5 Å². The Morgan fingerprint density at radius 3 is 3.00 bits per heavy atom. The molecule has 0 spiro atoms. The van der Waals surface area contributed by atoms with E-state index in [-0.39, 0.29) is 12.8 Å². The first-order valence-electron chi connectivity index (χ1n) is 5.48. The molecule has 0 aromatic carbocycles. The molecular weight excluding hydrogens is 304 g/mol. The normalized spacial score (nSPS) is 28.1. The van der Waals surface area contributed by atoms with Crippen molar-refractivity contribution in [2.24, 2.45) is 0 Å². The van der Waals surface area contributed by atoms with Gasteiger partial charge >= 0.3 is 0 Å². The minimum atomic E-state index is -0.680. The van der Waals surface area contributed by atoms with Gasteiger partial charge in [0.05, 0.1) is 12.7 Å².